The lowest BCUT2D eigenvalue weighted by atomic mass is 10.1. The third-order valence-corrected chi connectivity index (χ3v) is 3.96. The Hall–Kier alpha value is -2.44. The molecule has 0 radical (unpaired) electrons. The van der Waals surface area contributed by atoms with Crippen LogP contribution in [0.2, 0.25) is 10.0 Å². The summed E-state index contributed by atoms with van der Waals surface area (Å²) in [6.45, 7) is 2.58. The summed E-state index contributed by atoms with van der Waals surface area (Å²) in [6.07, 6.45) is 0. The molecule has 1 heterocycles. The van der Waals surface area contributed by atoms with E-state index in [9.17, 15) is 4.79 Å². The maximum atomic E-state index is 12.5. The number of carbonyl (C=O) groups is 1. The molecule has 0 fully saturated rings. The topological polar surface area (TPSA) is 72.7 Å². The van der Waals surface area contributed by atoms with Gasteiger partial charge in [0, 0.05) is 22.7 Å². The summed E-state index contributed by atoms with van der Waals surface area (Å²) in [6, 6.07) is 11.9. The minimum atomic E-state index is -0.295. The molecule has 8 heteroatoms. The number of hydrogen-bond acceptors (Lipinski definition) is 4. The number of benzene rings is 2. The highest BCUT2D eigenvalue weighted by molar-refractivity contribution is 6.35. The number of halogens is 2. The molecular formula is C16H13Cl2N5O. The first kappa shape index (κ1) is 16.4. The monoisotopic (exact) mass is 361 g/mol. The summed E-state index contributed by atoms with van der Waals surface area (Å²) >= 11 is 12.0. The molecule has 3 rings (SSSR count). The molecule has 0 saturated heterocycles. The molecule has 0 unspecified atom stereocenters. The van der Waals surface area contributed by atoms with Crippen LogP contribution >= 0.6 is 23.2 Å². The summed E-state index contributed by atoms with van der Waals surface area (Å²) in [7, 11) is 0. The predicted octanol–water partition coefficient (Wildman–Crippen LogP) is 3.92. The quantitative estimate of drug-likeness (QED) is 0.764. The van der Waals surface area contributed by atoms with Crippen molar-refractivity contribution >= 4 is 34.8 Å². The molecule has 0 atom stereocenters. The van der Waals surface area contributed by atoms with E-state index < -0.39 is 0 Å². The van der Waals surface area contributed by atoms with Crippen LogP contribution in [0, 0.1) is 0 Å². The summed E-state index contributed by atoms with van der Waals surface area (Å²) in [5.74, 6) is 0.310. The van der Waals surface area contributed by atoms with E-state index >= 15 is 0 Å². The van der Waals surface area contributed by atoms with Crippen LogP contribution in [0.15, 0.2) is 42.5 Å². The number of aromatic nitrogens is 4. The molecular weight excluding hydrogens is 349 g/mol. The first-order chi connectivity index (χ1) is 11.6. The van der Waals surface area contributed by atoms with E-state index in [1.54, 1.807) is 41.1 Å². The SMILES string of the molecule is CCn1nnnc1-c1cccc(C(=O)Nc2cc(Cl)ccc2Cl)c1. The van der Waals surface area contributed by atoms with Crippen LogP contribution in [-0.4, -0.2) is 26.1 Å². The Morgan fingerprint density at radius 2 is 2.04 bits per heavy atom. The van der Waals surface area contributed by atoms with Gasteiger partial charge in [0.25, 0.3) is 5.91 Å². The molecule has 0 aliphatic rings. The van der Waals surface area contributed by atoms with Crippen LogP contribution < -0.4 is 5.32 Å². The molecule has 3 aromatic rings. The van der Waals surface area contributed by atoms with Gasteiger partial charge in [0.2, 0.25) is 0 Å². The molecule has 0 bridgehead atoms. The average Bonchev–Trinajstić information content (AvgIpc) is 3.07. The van der Waals surface area contributed by atoms with E-state index in [2.05, 4.69) is 20.8 Å². The summed E-state index contributed by atoms with van der Waals surface area (Å²) in [4.78, 5) is 12.5. The van der Waals surface area contributed by atoms with E-state index in [4.69, 9.17) is 23.2 Å². The number of amides is 1. The zero-order chi connectivity index (χ0) is 17.1. The fourth-order valence-corrected chi connectivity index (χ4v) is 2.55. The van der Waals surface area contributed by atoms with Gasteiger partial charge in [0.05, 0.1) is 10.7 Å². The fraction of sp³-hybridized carbons (Fsp3) is 0.125. The molecule has 1 N–H and O–H groups in total. The Bertz CT molecular complexity index is 894. The van der Waals surface area contributed by atoms with Crippen LogP contribution in [0.5, 0.6) is 0 Å². The van der Waals surface area contributed by atoms with E-state index in [0.717, 1.165) is 5.56 Å². The molecule has 0 aliphatic heterocycles. The Kier molecular flexibility index (Phi) is 4.78. The van der Waals surface area contributed by atoms with Gasteiger partial charge in [0.15, 0.2) is 5.82 Å². The van der Waals surface area contributed by atoms with E-state index in [1.807, 2.05) is 13.0 Å². The largest absolute Gasteiger partial charge is 0.321 e. The second kappa shape index (κ2) is 6.98. The number of tetrazole rings is 1. The van der Waals surface area contributed by atoms with Crippen molar-refractivity contribution in [1.29, 1.82) is 0 Å². The highest BCUT2D eigenvalue weighted by atomic mass is 35.5. The van der Waals surface area contributed by atoms with Crippen LogP contribution in [0.1, 0.15) is 17.3 Å². The molecule has 122 valence electrons. The summed E-state index contributed by atoms with van der Waals surface area (Å²) in [5.41, 5.74) is 1.68. The molecule has 1 aromatic heterocycles. The molecule has 1 amide bonds. The van der Waals surface area contributed by atoms with Crippen molar-refractivity contribution in [1.82, 2.24) is 20.2 Å². The molecule has 6 nitrogen and oxygen atoms in total. The van der Waals surface area contributed by atoms with E-state index in [0.29, 0.717) is 33.7 Å². The first-order valence-electron chi connectivity index (χ1n) is 7.21. The highest BCUT2D eigenvalue weighted by Gasteiger charge is 2.13. The Balaban J connectivity index is 1.88. The zero-order valence-corrected chi connectivity index (χ0v) is 14.2. The van der Waals surface area contributed by atoms with Crippen molar-refractivity contribution in [2.24, 2.45) is 0 Å². The Morgan fingerprint density at radius 3 is 2.83 bits per heavy atom. The minimum absolute atomic E-state index is 0.295. The van der Waals surface area contributed by atoms with Crippen molar-refractivity contribution in [3.05, 3.63) is 58.1 Å². The molecule has 24 heavy (non-hydrogen) atoms. The van der Waals surface area contributed by atoms with Crippen molar-refractivity contribution in [2.75, 3.05) is 5.32 Å². The van der Waals surface area contributed by atoms with Gasteiger partial charge >= 0.3 is 0 Å². The van der Waals surface area contributed by atoms with Crippen LogP contribution in [0.25, 0.3) is 11.4 Å². The fourth-order valence-electron chi connectivity index (χ4n) is 2.21. The average molecular weight is 362 g/mol. The molecule has 2 aromatic carbocycles. The van der Waals surface area contributed by atoms with Gasteiger partial charge in [-0.2, -0.15) is 0 Å². The van der Waals surface area contributed by atoms with Gasteiger partial charge in [-0.25, -0.2) is 4.68 Å². The van der Waals surface area contributed by atoms with Crippen LogP contribution in [0.4, 0.5) is 5.69 Å². The van der Waals surface area contributed by atoms with Crippen LogP contribution in [0.3, 0.4) is 0 Å². The standard InChI is InChI=1S/C16H13Cl2N5O/c1-2-23-15(20-21-22-23)10-4-3-5-11(8-10)16(24)19-14-9-12(17)6-7-13(14)18/h3-9H,2H2,1H3,(H,19,24). The normalized spacial score (nSPS) is 10.6. The summed E-state index contributed by atoms with van der Waals surface area (Å²) in [5, 5.41) is 15.2. The van der Waals surface area contributed by atoms with Crippen molar-refractivity contribution in [2.45, 2.75) is 13.5 Å². The number of carbonyl (C=O) groups excluding carboxylic acids is 1. The number of nitrogens with zero attached hydrogens (tertiary/aromatic N) is 4. The zero-order valence-electron chi connectivity index (χ0n) is 12.7. The lowest BCUT2D eigenvalue weighted by molar-refractivity contribution is 0.102. The number of anilines is 1. The van der Waals surface area contributed by atoms with Gasteiger partial charge < -0.3 is 5.32 Å². The predicted molar refractivity (Wildman–Crippen MR) is 93.3 cm³/mol. The van der Waals surface area contributed by atoms with Gasteiger partial charge in [0.1, 0.15) is 0 Å². The van der Waals surface area contributed by atoms with Crippen molar-refractivity contribution in [3.63, 3.8) is 0 Å². The molecule has 0 spiro atoms. The third-order valence-electron chi connectivity index (χ3n) is 3.39. The number of nitrogens with one attached hydrogen (secondary N) is 1. The number of aryl methyl sites for hydroxylation is 1. The molecule has 0 saturated carbocycles. The van der Waals surface area contributed by atoms with Crippen molar-refractivity contribution in [3.8, 4) is 11.4 Å². The van der Waals surface area contributed by atoms with Crippen LogP contribution in [-0.2, 0) is 6.54 Å². The van der Waals surface area contributed by atoms with Gasteiger partial charge in [-0.3, -0.25) is 4.79 Å². The lowest BCUT2D eigenvalue weighted by Gasteiger charge is -2.09. The summed E-state index contributed by atoms with van der Waals surface area (Å²) < 4.78 is 1.66. The second-order valence-electron chi connectivity index (χ2n) is 4.98. The first-order valence-corrected chi connectivity index (χ1v) is 7.97. The van der Waals surface area contributed by atoms with Gasteiger partial charge in [-0.05, 0) is 47.7 Å². The second-order valence-corrected chi connectivity index (χ2v) is 5.82. The Morgan fingerprint density at radius 1 is 1.21 bits per heavy atom. The maximum Gasteiger partial charge on any atom is 0.255 e. The van der Waals surface area contributed by atoms with Crippen molar-refractivity contribution < 1.29 is 4.79 Å². The smallest absolute Gasteiger partial charge is 0.255 e. The molecule has 0 aliphatic carbocycles. The number of hydrogen-bond donors (Lipinski definition) is 1. The Labute approximate surface area is 148 Å². The van der Waals surface area contributed by atoms with Gasteiger partial charge in [-0.15, -0.1) is 5.10 Å². The maximum absolute atomic E-state index is 12.5. The van der Waals surface area contributed by atoms with E-state index in [1.165, 1.54) is 0 Å². The highest BCUT2D eigenvalue weighted by Crippen LogP contribution is 2.26. The number of rotatable bonds is 4. The minimum Gasteiger partial charge on any atom is -0.321 e. The lowest BCUT2D eigenvalue weighted by Crippen LogP contribution is -2.12. The third kappa shape index (κ3) is 3.39. The van der Waals surface area contributed by atoms with Gasteiger partial charge in [-0.1, -0.05) is 35.3 Å². The van der Waals surface area contributed by atoms with E-state index in [-0.39, 0.29) is 5.91 Å².